The van der Waals surface area contributed by atoms with E-state index in [1.807, 2.05) is 6.92 Å². The minimum Gasteiger partial charge on any atom is -0.486 e. The Morgan fingerprint density at radius 2 is 1.58 bits per heavy atom. The van der Waals surface area contributed by atoms with Crippen LogP contribution in [0.4, 0.5) is 11.4 Å². The number of hydrogen-bond donors (Lipinski definition) is 1. The van der Waals surface area contributed by atoms with Gasteiger partial charge < -0.3 is 14.8 Å². The van der Waals surface area contributed by atoms with Crippen LogP contribution in [0.2, 0.25) is 10.0 Å². The molecule has 0 unspecified atom stereocenters. The molecule has 7 nitrogen and oxygen atoms in total. The van der Waals surface area contributed by atoms with Gasteiger partial charge in [-0.1, -0.05) is 40.9 Å². The van der Waals surface area contributed by atoms with Gasteiger partial charge in [0.05, 0.1) is 10.6 Å². The fourth-order valence-corrected chi connectivity index (χ4v) is 5.21. The van der Waals surface area contributed by atoms with Crippen LogP contribution in [0.1, 0.15) is 5.56 Å². The summed E-state index contributed by atoms with van der Waals surface area (Å²) in [6, 6.07) is 15.7. The molecule has 10 heteroatoms. The number of anilines is 2. The van der Waals surface area contributed by atoms with Crippen molar-refractivity contribution in [3.63, 3.8) is 0 Å². The average molecular weight is 507 g/mol. The van der Waals surface area contributed by atoms with Crippen LogP contribution < -0.4 is 19.1 Å². The van der Waals surface area contributed by atoms with Crippen molar-refractivity contribution < 1.29 is 22.7 Å². The van der Waals surface area contributed by atoms with Gasteiger partial charge in [-0.2, -0.15) is 0 Å². The molecule has 1 amide bonds. The first kappa shape index (κ1) is 23.2. The number of aryl methyl sites for hydroxylation is 1. The topological polar surface area (TPSA) is 84.9 Å². The summed E-state index contributed by atoms with van der Waals surface area (Å²) in [5, 5.41) is 3.20. The maximum Gasteiger partial charge on any atom is 0.264 e. The quantitative estimate of drug-likeness (QED) is 0.513. The zero-order valence-electron chi connectivity index (χ0n) is 17.5. The summed E-state index contributed by atoms with van der Waals surface area (Å²) in [6.07, 6.45) is 0. The number of carbonyl (C=O) groups is 1. The van der Waals surface area contributed by atoms with Gasteiger partial charge in [-0.15, -0.1) is 0 Å². The normalized spacial score (nSPS) is 12.8. The zero-order chi connectivity index (χ0) is 23.6. The van der Waals surface area contributed by atoms with Crippen molar-refractivity contribution in [3.05, 3.63) is 76.3 Å². The molecule has 0 spiro atoms. The standard InChI is InChI=1S/C23H20Cl2N2O5S/c1-15-2-5-20(6-3-15)33(29,30)27(19-11-16(24)10-17(25)12-19)14-23(28)26-18-4-7-21-22(13-18)32-9-8-31-21/h2-7,10-13H,8-9,14H2,1H3,(H,26,28). The molecule has 0 fully saturated rings. The molecule has 0 atom stereocenters. The number of carbonyl (C=O) groups excluding carboxylic acids is 1. The Morgan fingerprint density at radius 3 is 2.24 bits per heavy atom. The van der Waals surface area contributed by atoms with Gasteiger partial charge in [-0.05, 0) is 49.4 Å². The Labute approximate surface area is 201 Å². The first-order chi connectivity index (χ1) is 15.7. The van der Waals surface area contributed by atoms with Crippen molar-refractivity contribution in [2.24, 2.45) is 0 Å². The van der Waals surface area contributed by atoms with E-state index in [0.29, 0.717) is 30.4 Å². The maximum absolute atomic E-state index is 13.5. The highest BCUT2D eigenvalue weighted by atomic mass is 35.5. The fourth-order valence-electron chi connectivity index (χ4n) is 3.29. The Balaban J connectivity index is 1.64. The van der Waals surface area contributed by atoms with Crippen LogP contribution in [0.5, 0.6) is 11.5 Å². The Hall–Kier alpha value is -2.94. The van der Waals surface area contributed by atoms with Crippen LogP contribution in [-0.2, 0) is 14.8 Å². The first-order valence-electron chi connectivity index (χ1n) is 9.97. The Bertz CT molecular complexity index is 1280. The highest BCUT2D eigenvalue weighted by Crippen LogP contribution is 2.33. The van der Waals surface area contributed by atoms with Crippen molar-refractivity contribution in [1.29, 1.82) is 0 Å². The molecule has 33 heavy (non-hydrogen) atoms. The number of nitrogens with one attached hydrogen (secondary N) is 1. The van der Waals surface area contributed by atoms with Crippen molar-refractivity contribution >= 4 is 50.5 Å². The third-order valence-electron chi connectivity index (χ3n) is 4.86. The predicted octanol–water partition coefficient (Wildman–Crippen LogP) is 4.91. The molecule has 1 heterocycles. The van der Waals surface area contributed by atoms with Crippen molar-refractivity contribution in [2.75, 3.05) is 29.4 Å². The molecule has 1 aliphatic rings. The number of sulfonamides is 1. The highest BCUT2D eigenvalue weighted by Gasteiger charge is 2.28. The van der Waals surface area contributed by atoms with Crippen molar-refractivity contribution in [3.8, 4) is 11.5 Å². The molecule has 0 saturated heterocycles. The van der Waals surface area contributed by atoms with Gasteiger partial charge in [-0.3, -0.25) is 9.10 Å². The average Bonchev–Trinajstić information content (AvgIpc) is 2.77. The lowest BCUT2D eigenvalue weighted by Crippen LogP contribution is -2.38. The number of fused-ring (bicyclic) bond motifs is 1. The van der Waals surface area contributed by atoms with E-state index in [1.165, 1.54) is 30.3 Å². The number of nitrogens with zero attached hydrogens (tertiary/aromatic N) is 1. The van der Waals surface area contributed by atoms with Crippen LogP contribution in [0, 0.1) is 6.92 Å². The minimum atomic E-state index is -4.10. The summed E-state index contributed by atoms with van der Waals surface area (Å²) in [5.41, 5.74) is 1.52. The molecule has 4 rings (SSSR count). The lowest BCUT2D eigenvalue weighted by atomic mass is 10.2. The van der Waals surface area contributed by atoms with Crippen molar-refractivity contribution in [1.82, 2.24) is 0 Å². The third-order valence-corrected chi connectivity index (χ3v) is 7.08. The van der Waals surface area contributed by atoms with Crippen LogP contribution in [0.3, 0.4) is 0 Å². The lowest BCUT2D eigenvalue weighted by Gasteiger charge is -2.25. The van der Waals surface area contributed by atoms with Crippen molar-refractivity contribution in [2.45, 2.75) is 11.8 Å². The molecule has 1 N–H and O–H groups in total. The summed E-state index contributed by atoms with van der Waals surface area (Å²) in [6.45, 7) is 2.21. The summed E-state index contributed by atoms with van der Waals surface area (Å²) in [5.74, 6) is 0.527. The Kier molecular flexibility index (Phi) is 6.69. The fraction of sp³-hybridized carbons (Fsp3) is 0.174. The molecule has 172 valence electrons. The summed E-state index contributed by atoms with van der Waals surface area (Å²) < 4.78 is 38.9. The third kappa shape index (κ3) is 5.35. The molecule has 0 saturated carbocycles. The highest BCUT2D eigenvalue weighted by molar-refractivity contribution is 7.92. The molecule has 1 aliphatic heterocycles. The molecular weight excluding hydrogens is 487 g/mol. The number of benzene rings is 3. The van der Waals surface area contributed by atoms with Crippen LogP contribution in [0.15, 0.2) is 65.6 Å². The molecule has 0 aliphatic carbocycles. The smallest absolute Gasteiger partial charge is 0.264 e. The van der Waals surface area contributed by atoms with E-state index in [1.54, 1.807) is 30.3 Å². The van der Waals surface area contributed by atoms with Gasteiger partial charge in [0.2, 0.25) is 5.91 Å². The van der Waals surface area contributed by atoms with E-state index >= 15 is 0 Å². The number of rotatable bonds is 6. The van der Waals surface area contributed by atoms with E-state index < -0.39 is 22.5 Å². The van der Waals surface area contributed by atoms with Crippen LogP contribution in [0.25, 0.3) is 0 Å². The van der Waals surface area contributed by atoms with Gasteiger partial charge in [-0.25, -0.2) is 8.42 Å². The second-order valence-corrected chi connectivity index (χ2v) is 10.1. The molecule has 0 bridgehead atoms. The van der Waals surface area contributed by atoms with E-state index in [2.05, 4.69) is 5.32 Å². The molecule has 3 aromatic rings. The SMILES string of the molecule is Cc1ccc(S(=O)(=O)N(CC(=O)Nc2ccc3c(c2)OCCO3)c2cc(Cl)cc(Cl)c2)cc1. The summed E-state index contributed by atoms with van der Waals surface area (Å²) in [7, 11) is -4.10. The second-order valence-electron chi connectivity index (χ2n) is 7.36. The van der Waals surface area contributed by atoms with E-state index in [0.717, 1.165) is 9.87 Å². The molecule has 0 aromatic heterocycles. The first-order valence-corrected chi connectivity index (χ1v) is 12.2. The second kappa shape index (κ2) is 9.51. The van der Waals surface area contributed by atoms with E-state index in [-0.39, 0.29) is 20.6 Å². The zero-order valence-corrected chi connectivity index (χ0v) is 19.9. The van der Waals surface area contributed by atoms with Gasteiger partial charge in [0.1, 0.15) is 19.8 Å². The van der Waals surface area contributed by atoms with Gasteiger partial charge in [0, 0.05) is 21.8 Å². The van der Waals surface area contributed by atoms with Gasteiger partial charge in [0.15, 0.2) is 11.5 Å². The maximum atomic E-state index is 13.5. The number of ether oxygens (including phenoxy) is 2. The Morgan fingerprint density at radius 1 is 0.939 bits per heavy atom. The number of amides is 1. The summed E-state index contributed by atoms with van der Waals surface area (Å²) in [4.78, 5) is 12.9. The minimum absolute atomic E-state index is 0.0383. The van der Waals surface area contributed by atoms with Crippen LogP contribution >= 0.6 is 23.2 Å². The van der Waals surface area contributed by atoms with Crippen LogP contribution in [-0.4, -0.2) is 34.1 Å². The lowest BCUT2D eigenvalue weighted by molar-refractivity contribution is -0.114. The monoisotopic (exact) mass is 506 g/mol. The molecular formula is C23H20Cl2N2O5S. The summed E-state index contributed by atoms with van der Waals surface area (Å²) >= 11 is 12.2. The predicted molar refractivity (Wildman–Crippen MR) is 128 cm³/mol. The van der Waals surface area contributed by atoms with E-state index in [9.17, 15) is 13.2 Å². The largest absolute Gasteiger partial charge is 0.486 e. The number of halogens is 2. The molecule has 3 aromatic carbocycles. The van der Waals surface area contributed by atoms with E-state index in [4.69, 9.17) is 32.7 Å². The number of hydrogen-bond acceptors (Lipinski definition) is 5. The van der Waals surface area contributed by atoms with Gasteiger partial charge in [0.25, 0.3) is 10.0 Å². The molecule has 0 radical (unpaired) electrons. The van der Waals surface area contributed by atoms with Gasteiger partial charge >= 0.3 is 0 Å².